The fourth-order valence-corrected chi connectivity index (χ4v) is 2.11. The highest BCUT2D eigenvalue weighted by atomic mass is 16.2. The van der Waals surface area contributed by atoms with E-state index in [1.54, 1.807) is 0 Å². The number of nitrogens with one attached hydrogen (secondary N) is 2. The summed E-state index contributed by atoms with van der Waals surface area (Å²) < 4.78 is 0. The van der Waals surface area contributed by atoms with Gasteiger partial charge in [0.05, 0.1) is 0 Å². The van der Waals surface area contributed by atoms with Crippen molar-refractivity contribution in [2.75, 3.05) is 6.54 Å². The largest absolute Gasteiger partial charge is 0.348 e. The normalized spacial score (nSPS) is 10.0. The maximum atomic E-state index is 11.7. The van der Waals surface area contributed by atoms with Gasteiger partial charge in [0, 0.05) is 13.1 Å². The Bertz CT molecular complexity index is 639. The maximum Gasteiger partial charge on any atom is 0.309 e. The molecule has 0 unspecified atom stereocenters. The lowest BCUT2D eigenvalue weighted by molar-refractivity contribution is -0.139. The van der Waals surface area contributed by atoms with Crippen LogP contribution < -0.4 is 10.6 Å². The Hall–Kier alpha value is -2.62. The van der Waals surface area contributed by atoms with Crippen LogP contribution in [0, 0.1) is 6.92 Å². The third kappa shape index (κ3) is 4.74. The monoisotopic (exact) mass is 296 g/mol. The molecule has 2 N–H and O–H groups in total. The lowest BCUT2D eigenvalue weighted by atomic mass is 10.1. The van der Waals surface area contributed by atoms with Crippen molar-refractivity contribution in [2.24, 2.45) is 0 Å². The van der Waals surface area contributed by atoms with Gasteiger partial charge in [-0.05, 0) is 30.0 Å². The molecule has 0 radical (unpaired) electrons. The summed E-state index contributed by atoms with van der Waals surface area (Å²) in [6.45, 7) is 2.78. The zero-order valence-electron chi connectivity index (χ0n) is 12.6. The minimum absolute atomic E-state index is 0.359. The van der Waals surface area contributed by atoms with Crippen LogP contribution in [0.25, 0.3) is 0 Å². The summed E-state index contributed by atoms with van der Waals surface area (Å²) in [6.07, 6.45) is 0.706. The summed E-state index contributed by atoms with van der Waals surface area (Å²) in [5.41, 5.74) is 3.23. The van der Waals surface area contributed by atoms with E-state index >= 15 is 0 Å². The van der Waals surface area contributed by atoms with Crippen molar-refractivity contribution in [3.05, 3.63) is 71.3 Å². The Morgan fingerprint density at radius 1 is 0.864 bits per heavy atom. The van der Waals surface area contributed by atoms with Crippen molar-refractivity contribution >= 4 is 11.8 Å². The molecule has 0 aliphatic heterocycles. The molecular formula is C18H20N2O2. The van der Waals surface area contributed by atoms with Crippen LogP contribution in [0.1, 0.15) is 16.7 Å². The topological polar surface area (TPSA) is 58.2 Å². The van der Waals surface area contributed by atoms with E-state index in [1.807, 2.05) is 61.5 Å². The third-order valence-corrected chi connectivity index (χ3v) is 3.45. The van der Waals surface area contributed by atoms with Crippen LogP contribution >= 0.6 is 0 Å². The first-order valence-electron chi connectivity index (χ1n) is 7.31. The molecule has 0 bridgehead atoms. The lowest BCUT2D eigenvalue weighted by Gasteiger charge is -2.08. The van der Waals surface area contributed by atoms with E-state index < -0.39 is 11.8 Å². The molecule has 0 atom stereocenters. The van der Waals surface area contributed by atoms with Gasteiger partial charge in [0.15, 0.2) is 0 Å². The summed E-state index contributed by atoms with van der Waals surface area (Å²) in [6, 6.07) is 17.6. The predicted octanol–water partition coefficient (Wildman–Crippen LogP) is 1.97. The Labute approximate surface area is 130 Å². The number of hydrogen-bond donors (Lipinski definition) is 2. The van der Waals surface area contributed by atoms with E-state index in [2.05, 4.69) is 10.6 Å². The lowest BCUT2D eigenvalue weighted by Crippen LogP contribution is -2.40. The highest BCUT2D eigenvalue weighted by molar-refractivity contribution is 6.35. The van der Waals surface area contributed by atoms with E-state index in [0.29, 0.717) is 19.5 Å². The molecule has 2 amide bonds. The standard InChI is InChI=1S/C18H20N2O2/c1-14-7-5-6-10-16(14)13-20-18(22)17(21)19-12-11-15-8-3-2-4-9-15/h2-10H,11-13H2,1H3,(H,19,21)(H,20,22). The van der Waals surface area contributed by atoms with Crippen LogP contribution in [-0.2, 0) is 22.6 Å². The molecule has 114 valence electrons. The van der Waals surface area contributed by atoms with Gasteiger partial charge in [-0.15, -0.1) is 0 Å². The van der Waals surface area contributed by atoms with Gasteiger partial charge in [-0.1, -0.05) is 54.6 Å². The Morgan fingerprint density at radius 2 is 1.50 bits per heavy atom. The number of amides is 2. The molecule has 0 aliphatic rings. The van der Waals surface area contributed by atoms with E-state index in [1.165, 1.54) is 0 Å². The number of benzene rings is 2. The minimum Gasteiger partial charge on any atom is -0.348 e. The van der Waals surface area contributed by atoms with Gasteiger partial charge in [-0.3, -0.25) is 9.59 Å². The smallest absolute Gasteiger partial charge is 0.309 e. The summed E-state index contributed by atoms with van der Waals surface area (Å²) >= 11 is 0. The van der Waals surface area contributed by atoms with Crippen molar-refractivity contribution < 1.29 is 9.59 Å². The quantitative estimate of drug-likeness (QED) is 0.829. The molecule has 2 aromatic carbocycles. The SMILES string of the molecule is Cc1ccccc1CNC(=O)C(=O)NCCc1ccccc1. The molecule has 0 aliphatic carbocycles. The Kier molecular flexibility index (Phi) is 5.72. The van der Waals surface area contributed by atoms with E-state index in [4.69, 9.17) is 0 Å². The number of hydrogen-bond acceptors (Lipinski definition) is 2. The van der Waals surface area contributed by atoms with Crippen LogP contribution in [0.15, 0.2) is 54.6 Å². The zero-order valence-corrected chi connectivity index (χ0v) is 12.6. The van der Waals surface area contributed by atoms with Crippen molar-refractivity contribution in [3.8, 4) is 0 Å². The molecule has 0 saturated carbocycles. The molecule has 2 aromatic rings. The minimum atomic E-state index is -0.601. The Morgan fingerprint density at radius 3 is 2.23 bits per heavy atom. The van der Waals surface area contributed by atoms with E-state index in [-0.39, 0.29) is 0 Å². The van der Waals surface area contributed by atoms with Crippen LogP contribution in [0.2, 0.25) is 0 Å². The first-order chi connectivity index (χ1) is 10.7. The maximum absolute atomic E-state index is 11.7. The van der Waals surface area contributed by atoms with Crippen LogP contribution in [0.5, 0.6) is 0 Å². The number of aryl methyl sites for hydroxylation is 1. The highest BCUT2D eigenvalue weighted by Crippen LogP contribution is 2.05. The number of carbonyl (C=O) groups is 2. The van der Waals surface area contributed by atoms with Gasteiger partial charge in [0.1, 0.15) is 0 Å². The van der Waals surface area contributed by atoms with Crippen molar-refractivity contribution in [1.29, 1.82) is 0 Å². The first-order valence-corrected chi connectivity index (χ1v) is 7.31. The molecule has 0 saturated heterocycles. The summed E-state index contributed by atoms with van der Waals surface area (Å²) in [5.74, 6) is -1.19. The summed E-state index contributed by atoms with van der Waals surface area (Å²) in [4.78, 5) is 23.5. The van der Waals surface area contributed by atoms with Crippen LogP contribution in [0.4, 0.5) is 0 Å². The summed E-state index contributed by atoms with van der Waals surface area (Å²) in [5, 5.41) is 5.27. The zero-order chi connectivity index (χ0) is 15.8. The molecule has 22 heavy (non-hydrogen) atoms. The van der Waals surface area contributed by atoms with Gasteiger partial charge >= 0.3 is 11.8 Å². The van der Waals surface area contributed by atoms with Gasteiger partial charge < -0.3 is 10.6 Å². The molecule has 4 nitrogen and oxygen atoms in total. The average Bonchev–Trinajstić information content (AvgIpc) is 2.54. The first kappa shape index (κ1) is 15.8. The number of carbonyl (C=O) groups excluding carboxylic acids is 2. The van der Waals surface area contributed by atoms with Gasteiger partial charge in [-0.25, -0.2) is 0 Å². The van der Waals surface area contributed by atoms with Gasteiger partial charge in [0.25, 0.3) is 0 Å². The third-order valence-electron chi connectivity index (χ3n) is 3.45. The van der Waals surface area contributed by atoms with E-state index in [0.717, 1.165) is 16.7 Å². The van der Waals surface area contributed by atoms with E-state index in [9.17, 15) is 9.59 Å². The second kappa shape index (κ2) is 7.98. The Balaban J connectivity index is 1.73. The fraction of sp³-hybridized carbons (Fsp3) is 0.222. The molecule has 0 spiro atoms. The molecule has 0 fully saturated rings. The molecular weight excluding hydrogens is 276 g/mol. The van der Waals surface area contributed by atoms with Crippen LogP contribution in [-0.4, -0.2) is 18.4 Å². The van der Waals surface area contributed by atoms with Gasteiger partial charge in [-0.2, -0.15) is 0 Å². The second-order valence-electron chi connectivity index (χ2n) is 5.10. The molecule has 0 heterocycles. The second-order valence-corrected chi connectivity index (χ2v) is 5.10. The fourth-order valence-electron chi connectivity index (χ4n) is 2.11. The summed E-state index contributed by atoms with van der Waals surface area (Å²) in [7, 11) is 0. The average molecular weight is 296 g/mol. The van der Waals surface area contributed by atoms with Crippen molar-refractivity contribution in [1.82, 2.24) is 10.6 Å². The highest BCUT2D eigenvalue weighted by Gasteiger charge is 2.12. The number of rotatable bonds is 5. The van der Waals surface area contributed by atoms with Crippen LogP contribution in [0.3, 0.4) is 0 Å². The molecule has 0 aromatic heterocycles. The predicted molar refractivity (Wildman–Crippen MR) is 86.2 cm³/mol. The van der Waals surface area contributed by atoms with Crippen molar-refractivity contribution in [2.45, 2.75) is 19.9 Å². The van der Waals surface area contributed by atoms with Crippen molar-refractivity contribution in [3.63, 3.8) is 0 Å². The molecule has 4 heteroatoms. The molecule has 2 rings (SSSR count). The van der Waals surface area contributed by atoms with Gasteiger partial charge in [0.2, 0.25) is 0 Å².